The number of rotatable bonds is 12. The van der Waals surface area contributed by atoms with Crippen molar-refractivity contribution in [3.63, 3.8) is 0 Å². The van der Waals surface area contributed by atoms with Crippen molar-refractivity contribution in [3.05, 3.63) is 0 Å². The van der Waals surface area contributed by atoms with Crippen molar-refractivity contribution < 1.29 is 19.0 Å². The maximum atomic E-state index is 11.3. The molecule has 0 aromatic rings. The van der Waals surface area contributed by atoms with Crippen LogP contribution in [-0.2, 0) is 19.0 Å². The fraction of sp³-hybridized carbons (Fsp3) is 0.786. The minimum atomic E-state index is -0.140. The number of esters is 1. The van der Waals surface area contributed by atoms with Gasteiger partial charge in [0.2, 0.25) is 0 Å². The lowest BCUT2D eigenvalue weighted by Gasteiger charge is -2.06. The van der Waals surface area contributed by atoms with E-state index >= 15 is 0 Å². The molecule has 0 saturated heterocycles. The summed E-state index contributed by atoms with van der Waals surface area (Å²) < 4.78 is 15.2. The van der Waals surface area contributed by atoms with Crippen LogP contribution >= 0.6 is 0 Å². The van der Waals surface area contributed by atoms with Crippen LogP contribution in [0.3, 0.4) is 0 Å². The lowest BCUT2D eigenvalue weighted by molar-refractivity contribution is -0.145. The molecule has 104 valence electrons. The third kappa shape index (κ3) is 13.0. The van der Waals surface area contributed by atoms with Crippen molar-refractivity contribution in [1.29, 1.82) is 0 Å². The Morgan fingerprint density at radius 3 is 2.50 bits per heavy atom. The fourth-order valence-corrected chi connectivity index (χ4v) is 1.33. The third-order valence-electron chi connectivity index (χ3n) is 2.28. The number of unbranched alkanes of at least 4 members (excludes halogenated alkanes) is 3. The summed E-state index contributed by atoms with van der Waals surface area (Å²) in [6.45, 7) is 4.09. The summed E-state index contributed by atoms with van der Waals surface area (Å²) in [5.74, 6) is 2.23. The van der Waals surface area contributed by atoms with Crippen molar-refractivity contribution >= 4 is 5.97 Å². The monoisotopic (exact) mass is 256 g/mol. The first-order valence-corrected chi connectivity index (χ1v) is 6.55. The molecule has 4 nitrogen and oxygen atoms in total. The van der Waals surface area contributed by atoms with Crippen LogP contribution in [0.1, 0.15) is 39.0 Å². The second-order valence-electron chi connectivity index (χ2n) is 3.90. The predicted molar refractivity (Wildman–Crippen MR) is 70.2 cm³/mol. The van der Waals surface area contributed by atoms with Gasteiger partial charge in [-0.1, -0.05) is 32.1 Å². The van der Waals surface area contributed by atoms with Crippen molar-refractivity contribution in [3.8, 4) is 12.3 Å². The normalized spacial score (nSPS) is 10.0. The van der Waals surface area contributed by atoms with E-state index in [-0.39, 0.29) is 5.97 Å². The average molecular weight is 256 g/mol. The van der Waals surface area contributed by atoms with Crippen molar-refractivity contribution in [2.24, 2.45) is 0 Å². The quantitative estimate of drug-likeness (QED) is 0.305. The van der Waals surface area contributed by atoms with E-state index < -0.39 is 0 Å². The molecule has 4 heteroatoms. The van der Waals surface area contributed by atoms with Gasteiger partial charge in [0.25, 0.3) is 0 Å². The molecular formula is C14H24O4. The standard InChI is InChI=1S/C14H24O4/c1-3-5-6-7-8-14(15)18-13-12-17-11-10-16-9-4-2/h2H,3,5-13H2,1H3. The van der Waals surface area contributed by atoms with Crippen LogP contribution in [0.4, 0.5) is 0 Å². The molecule has 0 spiro atoms. The molecule has 0 unspecified atom stereocenters. The van der Waals surface area contributed by atoms with Crippen LogP contribution in [0.2, 0.25) is 0 Å². The van der Waals surface area contributed by atoms with Gasteiger partial charge in [-0.15, -0.1) is 6.42 Å². The average Bonchev–Trinajstić information content (AvgIpc) is 2.38. The third-order valence-corrected chi connectivity index (χ3v) is 2.28. The molecule has 0 radical (unpaired) electrons. The van der Waals surface area contributed by atoms with E-state index in [1.54, 1.807) is 0 Å². The first-order valence-electron chi connectivity index (χ1n) is 6.55. The highest BCUT2D eigenvalue weighted by molar-refractivity contribution is 5.69. The Hall–Kier alpha value is -1.05. The first kappa shape index (κ1) is 16.9. The van der Waals surface area contributed by atoms with Crippen molar-refractivity contribution in [1.82, 2.24) is 0 Å². The van der Waals surface area contributed by atoms with Gasteiger partial charge in [0, 0.05) is 6.42 Å². The molecule has 0 aliphatic heterocycles. The summed E-state index contributed by atoms with van der Waals surface area (Å²) in [5.41, 5.74) is 0. The Balaban J connectivity index is 3.13. The smallest absolute Gasteiger partial charge is 0.305 e. The molecule has 0 atom stereocenters. The Morgan fingerprint density at radius 2 is 1.78 bits per heavy atom. The van der Waals surface area contributed by atoms with Gasteiger partial charge in [0.1, 0.15) is 13.2 Å². The van der Waals surface area contributed by atoms with Gasteiger partial charge in [-0.2, -0.15) is 0 Å². The summed E-state index contributed by atoms with van der Waals surface area (Å²) in [7, 11) is 0. The number of carbonyl (C=O) groups is 1. The maximum absolute atomic E-state index is 11.3. The highest BCUT2D eigenvalue weighted by atomic mass is 16.6. The number of ether oxygens (including phenoxy) is 3. The van der Waals surface area contributed by atoms with E-state index in [0.29, 0.717) is 39.5 Å². The second-order valence-corrected chi connectivity index (χ2v) is 3.90. The second kappa shape index (κ2) is 14.0. The lowest BCUT2D eigenvalue weighted by Crippen LogP contribution is -2.12. The highest BCUT2D eigenvalue weighted by Crippen LogP contribution is 2.03. The van der Waals surface area contributed by atoms with Crippen molar-refractivity contribution in [2.75, 3.05) is 33.0 Å². The Morgan fingerprint density at radius 1 is 1.06 bits per heavy atom. The molecule has 0 bridgehead atoms. The number of hydrogen-bond donors (Lipinski definition) is 0. The van der Waals surface area contributed by atoms with Crippen LogP contribution in [0.25, 0.3) is 0 Å². The summed E-state index contributed by atoms with van der Waals surface area (Å²) in [6.07, 6.45) is 9.86. The minimum absolute atomic E-state index is 0.140. The van der Waals surface area contributed by atoms with Crippen LogP contribution < -0.4 is 0 Å². The van der Waals surface area contributed by atoms with Gasteiger partial charge >= 0.3 is 5.97 Å². The lowest BCUT2D eigenvalue weighted by atomic mass is 10.2. The van der Waals surface area contributed by atoms with E-state index in [2.05, 4.69) is 12.8 Å². The molecule has 0 aliphatic carbocycles. The van der Waals surface area contributed by atoms with Gasteiger partial charge in [-0.25, -0.2) is 0 Å². The highest BCUT2D eigenvalue weighted by Gasteiger charge is 2.01. The molecule has 0 aromatic carbocycles. The molecule has 0 amide bonds. The van der Waals surface area contributed by atoms with Gasteiger partial charge in [0.15, 0.2) is 0 Å². The zero-order chi connectivity index (χ0) is 13.5. The van der Waals surface area contributed by atoms with Crippen LogP contribution in [0, 0.1) is 12.3 Å². The van der Waals surface area contributed by atoms with Gasteiger partial charge < -0.3 is 14.2 Å². The number of terminal acetylenes is 1. The van der Waals surface area contributed by atoms with Gasteiger partial charge in [0.05, 0.1) is 19.8 Å². The molecule has 0 fully saturated rings. The van der Waals surface area contributed by atoms with E-state index in [1.165, 1.54) is 12.8 Å². The Kier molecular flexibility index (Phi) is 13.2. The molecule has 0 heterocycles. The van der Waals surface area contributed by atoms with E-state index in [1.807, 2.05) is 0 Å². The molecule has 0 aliphatic rings. The minimum Gasteiger partial charge on any atom is -0.463 e. The predicted octanol–water partition coefficient (Wildman–Crippen LogP) is 2.17. The summed E-state index contributed by atoms with van der Waals surface area (Å²) in [5, 5.41) is 0. The largest absolute Gasteiger partial charge is 0.463 e. The van der Waals surface area contributed by atoms with E-state index in [4.69, 9.17) is 20.6 Å². The molecule has 0 saturated carbocycles. The van der Waals surface area contributed by atoms with E-state index in [9.17, 15) is 4.79 Å². The fourth-order valence-electron chi connectivity index (χ4n) is 1.33. The van der Waals surface area contributed by atoms with Crippen LogP contribution in [0.5, 0.6) is 0 Å². The van der Waals surface area contributed by atoms with Crippen molar-refractivity contribution in [2.45, 2.75) is 39.0 Å². The molecule has 0 aromatic heterocycles. The van der Waals surface area contributed by atoms with Crippen LogP contribution in [-0.4, -0.2) is 39.0 Å². The summed E-state index contributed by atoms with van der Waals surface area (Å²) >= 11 is 0. The zero-order valence-electron chi connectivity index (χ0n) is 11.3. The number of carbonyl (C=O) groups excluding carboxylic acids is 1. The summed E-state index contributed by atoms with van der Waals surface area (Å²) in [6, 6.07) is 0. The molecule has 0 N–H and O–H groups in total. The van der Waals surface area contributed by atoms with Gasteiger partial charge in [-0.05, 0) is 6.42 Å². The Labute approximate surface area is 110 Å². The molecule has 18 heavy (non-hydrogen) atoms. The summed E-state index contributed by atoms with van der Waals surface area (Å²) in [4.78, 5) is 11.3. The van der Waals surface area contributed by atoms with Gasteiger partial charge in [-0.3, -0.25) is 4.79 Å². The zero-order valence-corrected chi connectivity index (χ0v) is 11.3. The maximum Gasteiger partial charge on any atom is 0.305 e. The topological polar surface area (TPSA) is 44.8 Å². The molecular weight excluding hydrogens is 232 g/mol. The van der Waals surface area contributed by atoms with Crippen LogP contribution in [0.15, 0.2) is 0 Å². The SMILES string of the molecule is C#CCOCCOCCOC(=O)CCCCCC. The first-order chi connectivity index (χ1) is 8.81. The Bertz CT molecular complexity index is 232. The number of hydrogen-bond acceptors (Lipinski definition) is 4. The van der Waals surface area contributed by atoms with E-state index in [0.717, 1.165) is 12.8 Å². The molecule has 0 rings (SSSR count).